The highest BCUT2D eigenvalue weighted by molar-refractivity contribution is 5.92. The molecule has 1 aliphatic rings. The number of amides is 1. The van der Waals surface area contributed by atoms with Gasteiger partial charge in [0.15, 0.2) is 0 Å². The number of nitriles is 1. The number of β-amino-alcohol motifs (C(OH)–C–C–N with tert-alkyl or cyclic N) is 1. The van der Waals surface area contributed by atoms with Crippen LogP contribution in [0.4, 0.5) is 5.88 Å². The summed E-state index contributed by atoms with van der Waals surface area (Å²) in [6.45, 7) is 4.74. The Morgan fingerprint density at radius 2 is 2.28 bits per heavy atom. The van der Waals surface area contributed by atoms with E-state index in [9.17, 15) is 4.79 Å². The van der Waals surface area contributed by atoms with Gasteiger partial charge in [-0.2, -0.15) is 5.26 Å². The predicted molar refractivity (Wildman–Crippen MR) is 64.0 cm³/mol. The lowest BCUT2D eigenvalue weighted by Gasteiger charge is -2.34. The van der Waals surface area contributed by atoms with E-state index in [0.717, 1.165) is 5.56 Å². The molecule has 0 aliphatic carbocycles. The van der Waals surface area contributed by atoms with E-state index in [1.54, 1.807) is 13.8 Å². The summed E-state index contributed by atoms with van der Waals surface area (Å²) in [5.41, 5.74) is 1.11. The van der Waals surface area contributed by atoms with Crippen LogP contribution in [0.15, 0.2) is 4.42 Å². The smallest absolute Gasteiger partial charge is 0.240 e. The van der Waals surface area contributed by atoms with Gasteiger partial charge >= 0.3 is 0 Å². The van der Waals surface area contributed by atoms with Crippen molar-refractivity contribution in [2.75, 3.05) is 25.0 Å². The predicted octanol–water partition coefficient (Wildman–Crippen LogP) is 0.383. The van der Waals surface area contributed by atoms with Crippen molar-refractivity contribution in [1.29, 1.82) is 5.26 Å². The van der Waals surface area contributed by atoms with Crippen molar-refractivity contribution >= 4 is 11.8 Å². The molecule has 0 unspecified atom stereocenters. The van der Waals surface area contributed by atoms with Gasteiger partial charge in [0.25, 0.3) is 0 Å². The number of aryl methyl sites for hydroxylation is 1. The molecule has 1 aromatic rings. The van der Waals surface area contributed by atoms with Crippen molar-refractivity contribution in [3.8, 4) is 6.07 Å². The molecular formula is C12H15N3O3. The molecule has 6 heteroatoms. The number of nitrogens with zero attached hydrogens (tertiary/aromatic N) is 2. The van der Waals surface area contributed by atoms with E-state index < -0.39 is 0 Å². The van der Waals surface area contributed by atoms with Crippen LogP contribution < -0.4 is 5.32 Å². The summed E-state index contributed by atoms with van der Waals surface area (Å²) in [5.74, 6) is 0.590. The van der Waals surface area contributed by atoms with Gasteiger partial charge in [0, 0.05) is 18.7 Å². The van der Waals surface area contributed by atoms with Crippen molar-refractivity contribution in [1.82, 2.24) is 4.90 Å². The average molecular weight is 249 g/mol. The molecule has 0 aromatic carbocycles. The summed E-state index contributed by atoms with van der Waals surface area (Å²) in [5, 5.41) is 20.7. The third-order valence-corrected chi connectivity index (χ3v) is 3.06. The molecule has 1 fully saturated rings. The molecule has 2 heterocycles. The summed E-state index contributed by atoms with van der Waals surface area (Å²) < 4.78 is 5.34. The number of likely N-dealkylation sites (tertiary alicyclic amines) is 1. The molecule has 0 bridgehead atoms. The number of nitrogens with one attached hydrogen (secondary N) is 1. The maximum atomic E-state index is 11.7. The van der Waals surface area contributed by atoms with Crippen LogP contribution in [-0.4, -0.2) is 41.7 Å². The standard InChI is InChI=1S/C12H15N3O3/c1-7-8(2)18-12(10(7)3-13)14-11(17)6-15-4-9(16)5-15/h9,16H,4-6H2,1-2H3,(H,14,17). The Kier molecular flexibility index (Phi) is 3.36. The van der Waals surface area contributed by atoms with Crippen LogP contribution >= 0.6 is 0 Å². The molecule has 1 aromatic heterocycles. The van der Waals surface area contributed by atoms with Gasteiger partial charge in [0.1, 0.15) is 17.4 Å². The second kappa shape index (κ2) is 4.80. The molecule has 1 aliphatic heterocycles. The summed E-state index contributed by atoms with van der Waals surface area (Å²) >= 11 is 0. The van der Waals surface area contributed by atoms with Crippen LogP contribution in [0, 0.1) is 25.2 Å². The molecule has 96 valence electrons. The van der Waals surface area contributed by atoms with Gasteiger partial charge in [0.05, 0.1) is 12.6 Å². The maximum Gasteiger partial charge on any atom is 0.240 e. The maximum absolute atomic E-state index is 11.7. The lowest BCUT2D eigenvalue weighted by atomic mass is 10.1. The molecule has 1 saturated heterocycles. The number of carbonyl (C=O) groups is 1. The minimum atomic E-state index is -0.333. The lowest BCUT2D eigenvalue weighted by molar-refractivity contribution is -0.120. The third kappa shape index (κ3) is 2.37. The zero-order valence-electron chi connectivity index (χ0n) is 10.4. The van der Waals surface area contributed by atoms with E-state index in [-0.39, 0.29) is 24.4 Å². The molecule has 2 N–H and O–H groups in total. The number of hydrogen-bond donors (Lipinski definition) is 2. The Labute approximate surface area is 105 Å². The van der Waals surface area contributed by atoms with Crippen molar-refractivity contribution in [3.63, 3.8) is 0 Å². The van der Waals surface area contributed by atoms with Crippen LogP contribution in [0.1, 0.15) is 16.9 Å². The largest absolute Gasteiger partial charge is 0.444 e. The quantitative estimate of drug-likeness (QED) is 0.808. The number of aliphatic hydroxyl groups is 1. The van der Waals surface area contributed by atoms with Crippen LogP contribution in [0.5, 0.6) is 0 Å². The van der Waals surface area contributed by atoms with Crippen LogP contribution in [0.25, 0.3) is 0 Å². The molecule has 0 spiro atoms. The van der Waals surface area contributed by atoms with Gasteiger partial charge in [-0.1, -0.05) is 0 Å². The number of furan rings is 1. The molecule has 6 nitrogen and oxygen atoms in total. The first-order valence-corrected chi connectivity index (χ1v) is 5.71. The van der Waals surface area contributed by atoms with Crippen LogP contribution in [-0.2, 0) is 4.79 Å². The minimum Gasteiger partial charge on any atom is -0.444 e. The minimum absolute atomic E-state index is 0.195. The van der Waals surface area contributed by atoms with Crippen molar-refractivity contribution in [2.45, 2.75) is 20.0 Å². The number of anilines is 1. The van der Waals surface area contributed by atoms with Crippen LogP contribution in [0.3, 0.4) is 0 Å². The van der Waals surface area contributed by atoms with Crippen molar-refractivity contribution < 1.29 is 14.3 Å². The SMILES string of the molecule is Cc1oc(NC(=O)CN2CC(O)C2)c(C#N)c1C. The molecular weight excluding hydrogens is 234 g/mol. The van der Waals surface area contributed by atoms with E-state index >= 15 is 0 Å². The monoisotopic (exact) mass is 249 g/mol. The number of carbonyl (C=O) groups excluding carboxylic acids is 1. The molecule has 0 radical (unpaired) electrons. The number of rotatable bonds is 3. The second-order valence-corrected chi connectivity index (χ2v) is 4.50. The van der Waals surface area contributed by atoms with Gasteiger partial charge in [-0.3, -0.25) is 15.0 Å². The Morgan fingerprint density at radius 1 is 1.61 bits per heavy atom. The normalized spacial score (nSPS) is 16.1. The second-order valence-electron chi connectivity index (χ2n) is 4.50. The molecule has 2 rings (SSSR count). The summed E-state index contributed by atoms with van der Waals surface area (Å²) in [4.78, 5) is 13.5. The first-order chi connectivity index (χ1) is 8.51. The lowest BCUT2D eigenvalue weighted by Crippen LogP contribution is -2.53. The van der Waals surface area contributed by atoms with Gasteiger partial charge in [-0.15, -0.1) is 0 Å². The zero-order valence-corrected chi connectivity index (χ0v) is 10.4. The van der Waals surface area contributed by atoms with E-state index in [2.05, 4.69) is 5.32 Å². The fourth-order valence-corrected chi connectivity index (χ4v) is 1.89. The first kappa shape index (κ1) is 12.6. The Morgan fingerprint density at radius 3 is 2.83 bits per heavy atom. The average Bonchev–Trinajstić information content (AvgIpc) is 2.52. The molecule has 0 saturated carbocycles. The third-order valence-electron chi connectivity index (χ3n) is 3.06. The molecule has 0 atom stereocenters. The summed E-state index contributed by atoms with van der Waals surface area (Å²) in [6, 6.07) is 2.02. The summed E-state index contributed by atoms with van der Waals surface area (Å²) in [6.07, 6.45) is -0.333. The van der Waals surface area contributed by atoms with E-state index in [0.29, 0.717) is 24.4 Å². The first-order valence-electron chi connectivity index (χ1n) is 5.71. The topological polar surface area (TPSA) is 89.5 Å². The van der Waals surface area contributed by atoms with E-state index in [1.807, 2.05) is 11.0 Å². The zero-order chi connectivity index (χ0) is 13.3. The van der Waals surface area contributed by atoms with E-state index in [4.69, 9.17) is 14.8 Å². The fourth-order valence-electron chi connectivity index (χ4n) is 1.89. The van der Waals surface area contributed by atoms with Crippen LogP contribution in [0.2, 0.25) is 0 Å². The Balaban J connectivity index is 1.99. The highest BCUT2D eigenvalue weighted by atomic mass is 16.4. The van der Waals surface area contributed by atoms with E-state index in [1.165, 1.54) is 0 Å². The Bertz CT molecular complexity index is 509. The van der Waals surface area contributed by atoms with Gasteiger partial charge in [-0.25, -0.2) is 0 Å². The highest BCUT2D eigenvalue weighted by Crippen LogP contribution is 2.25. The number of hydrogen-bond acceptors (Lipinski definition) is 5. The van der Waals surface area contributed by atoms with Crippen molar-refractivity contribution in [2.24, 2.45) is 0 Å². The molecule has 1 amide bonds. The van der Waals surface area contributed by atoms with Gasteiger partial charge in [-0.05, 0) is 13.8 Å². The fraction of sp³-hybridized carbons (Fsp3) is 0.500. The molecule has 18 heavy (non-hydrogen) atoms. The Hall–Kier alpha value is -1.84. The number of aliphatic hydroxyl groups excluding tert-OH is 1. The van der Waals surface area contributed by atoms with Gasteiger partial charge < -0.3 is 9.52 Å². The van der Waals surface area contributed by atoms with Crippen molar-refractivity contribution in [3.05, 3.63) is 16.9 Å². The highest BCUT2D eigenvalue weighted by Gasteiger charge is 2.26. The summed E-state index contributed by atoms with van der Waals surface area (Å²) in [7, 11) is 0. The van der Waals surface area contributed by atoms with Gasteiger partial charge in [0.2, 0.25) is 11.8 Å².